The molecule has 19 heavy (non-hydrogen) atoms. The first-order valence-electron chi connectivity index (χ1n) is 7.35. The quantitative estimate of drug-likeness (QED) is 0.906. The van der Waals surface area contributed by atoms with Gasteiger partial charge in [0.05, 0.1) is 11.6 Å². The van der Waals surface area contributed by atoms with E-state index in [2.05, 4.69) is 29.2 Å². The molecule has 1 saturated carbocycles. The van der Waals surface area contributed by atoms with E-state index in [9.17, 15) is 0 Å². The standard InChI is InChI=1S/C16H24N2O/c1-19-15-8-4-5-9-16(15,12-17)18-10-13-6-2-3-7-14(13)11-18/h2-3,6-7,15H,4-5,8-12,17H2,1H3. The largest absolute Gasteiger partial charge is 0.379 e. The molecule has 1 heterocycles. The molecule has 0 spiro atoms. The molecule has 0 radical (unpaired) electrons. The van der Waals surface area contributed by atoms with E-state index in [-0.39, 0.29) is 11.6 Å². The molecule has 1 aromatic carbocycles. The van der Waals surface area contributed by atoms with E-state index in [0.29, 0.717) is 6.54 Å². The van der Waals surface area contributed by atoms with Gasteiger partial charge in [-0.1, -0.05) is 37.1 Å². The Morgan fingerprint density at radius 1 is 1.26 bits per heavy atom. The molecule has 0 aromatic heterocycles. The Bertz CT molecular complexity index is 423. The van der Waals surface area contributed by atoms with Crippen LogP contribution in [0.25, 0.3) is 0 Å². The fourth-order valence-electron chi connectivity index (χ4n) is 3.90. The normalized spacial score (nSPS) is 31.4. The molecule has 1 aromatic rings. The zero-order valence-electron chi connectivity index (χ0n) is 11.8. The van der Waals surface area contributed by atoms with Crippen LogP contribution in [0.2, 0.25) is 0 Å². The fraction of sp³-hybridized carbons (Fsp3) is 0.625. The first-order valence-corrected chi connectivity index (χ1v) is 7.35. The summed E-state index contributed by atoms with van der Waals surface area (Å²) in [6.07, 6.45) is 5.11. The summed E-state index contributed by atoms with van der Waals surface area (Å²) in [6.45, 7) is 2.74. The lowest BCUT2D eigenvalue weighted by Crippen LogP contribution is -2.61. The van der Waals surface area contributed by atoms with Crippen LogP contribution in [0.15, 0.2) is 24.3 Å². The predicted octanol–water partition coefficient (Wildman–Crippen LogP) is 2.29. The van der Waals surface area contributed by atoms with Gasteiger partial charge in [0.25, 0.3) is 0 Å². The number of rotatable bonds is 3. The average molecular weight is 260 g/mol. The maximum Gasteiger partial charge on any atom is 0.0767 e. The van der Waals surface area contributed by atoms with Crippen molar-refractivity contribution in [2.24, 2.45) is 5.73 Å². The first-order chi connectivity index (χ1) is 9.30. The van der Waals surface area contributed by atoms with Gasteiger partial charge in [0.2, 0.25) is 0 Å². The Morgan fingerprint density at radius 2 is 1.95 bits per heavy atom. The number of fused-ring (bicyclic) bond motifs is 1. The summed E-state index contributed by atoms with van der Waals surface area (Å²) in [6, 6.07) is 8.74. The van der Waals surface area contributed by atoms with Crippen LogP contribution in [0.3, 0.4) is 0 Å². The molecule has 2 unspecified atom stereocenters. The van der Waals surface area contributed by atoms with Crippen molar-refractivity contribution < 1.29 is 4.74 Å². The second-order valence-electron chi connectivity index (χ2n) is 5.90. The van der Waals surface area contributed by atoms with E-state index >= 15 is 0 Å². The molecule has 1 aliphatic heterocycles. The zero-order valence-corrected chi connectivity index (χ0v) is 11.8. The Balaban J connectivity index is 1.87. The molecule has 3 nitrogen and oxygen atoms in total. The smallest absolute Gasteiger partial charge is 0.0767 e. The number of nitrogens with zero attached hydrogens (tertiary/aromatic N) is 1. The monoisotopic (exact) mass is 260 g/mol. The highest BCUT2D eigenvalue weighted by atomic mass is 16.5. The van der Waals surface area contributed by atoms with Crippen LogP contribution >= 0.6 is 0 Å². The van der Waals surface area contributed by atoms with Gasteiger partial charge in [0, 0.05) is 26.7 Å². The molecule has 3 heteroatoms. The molecule has 3 rings (SSSR count). The van der Waals surface area contributed by atoms with Crippen LogP contribution in [0.5, 0.6) is 0 Å². The Hall–Kier alpha value is -0.900. The van der Waals surface area contributed by atoms with Gasteiger partial charge in [-0.3, -0.25) is 4.90 Å². The van der Waals surface area contributed by atoms with E-state index in [0.717, 1.165) is 25.9 Å². The summed E-state index contributed by atoms with van der Waals surface area (Å²) in [7, 11) is 1.84. The molecule has 1 fully saturated rings. The number of methoxy groups -OCH3 is 1. The van der Waals surface area contributed by atoms with E-state index in [1.54, 1.807) is 0 Å². The summed E-state index contributed by atoms with van der Waals surface area (Å²) in [5.41, 5.74) is 9.14. The van der Waals surface area contributed by atoms with Gasteiger partial charge in [-0.05, 0) is 24.0 Å². The number of benzene rings is 1. The third-order valence-corrected chi connectivity index (χ3v) is 5.03. The van der Waals surface area contributed by atoms with Crippen molar-refractivity contribution in [3.05, 3.63) is 35.4 Å². The molecule has 0 saturated heterocycles. The zero-order chi connectivity index (χ0) is 13.3. The van der Waals surface area contributed by atoms with Crippen molar-refractivity contribution in [2.45, 2.75) is 50.4 Å². The summed E-state index contributed by atoms with van der Waals surface area (Å²) < 4.78 is 5.79. The third kappa shape index (κ3) is 2.10. The second kappa shape index (κ2) is 5.23. The van der Waals surface area contributed by atoms with Gasteiger partial charge in [-0.2, -0.15) is 0 Å². The summed E-state index contributed by atoms with van der Waals surface area (Å²) in [5, 5.41) is 0. The van der Waals surface area contributed by atoms with Gasteiger partial charge in [0.1, 0.15) is 0 Å². The Kier molecular flexibility index (Phi) is 3.61. The molecule has 104 valence electrons. The Labute approximate surface area is 115 Å². The third-order valence-electron chi connectivity index (χ3n) is 5.03. The van der Waals surface area contributed by atoms with Gasteiger partial charge in [0.15, 0.2) is 0 Å². The maximum atomic E-state index is 6.20. The summed E-state index contributed by atoms with van der Waals surface area (Å²) in [5.74, 6) is 0. The highest BCUT2D eigenvalue weighted by molar-refractivity contribution is 5.31. The predicted molar refractivity (Wildman–Crippen MR) is 76.7 cm³/mol. The molecular weight excluding hydrogens is 236 g/mol. The van der Waals surface area contributed by atoms with Crippen molar-refractivity contribution in [2.75, 3.05) is 13.7 Å². The van der Waals surface area contributed by atoms with Crippen LogP contribution in [-0.4, -0.2) is 30.2 Å². The lowest BCUT2D eigenvalue weighted by Gasteiger charge is -2.48. The van der Waals surface area contributed by atoms with Gasteiger partial charge < -0.3 is 10.5 Å². The Morgan fingerprint density at radius 3 is 2.53 bits per heavy atom. The molecule has 2 N–H and O–H groups in total. The van der Waals surface area contributed by atoms with E-state index < -0.39 is 0 Å². The van der Waals surface area contributed by atoms with Crippen molar-refractivity contribution in [1.29, 1.82) is 0 Å². The number of nitrogens with two attached hydrogens (primary N) is 1. The lowest BCUT2D eigenvalue weighted by atomic mass is 9.77. The van der Waals surface area contributed by atoms with Crippen molar-refractivity contribution in [3.8, 4) is 0 Å². The van der Waals surface area contributed by atoms with Crippen LogP contribution in [0, 0.1) is 0 Å². The van der Waals surface area contributed by atoms with Crippen molar-refractivity contribution >= 4 is 0 Å². The molecule has 0 amide bonds. The van der Waals surface area contributed by atoms with Crippen molar-refractivity contribution in [3.63, 3.8) is 0 Å². The fourth-order valence-corrected chi connectivity index (χ4v) is 3.90. The second-order valence-corrected chi connectivity index (χ2v) is 5.90. The highest BCUT2D eigenvalue weighted by Gasteiger charge is 2.46. The number of hydrogen-bond acceptors (Lipinski definition) is 3. The highest BCUT2D eigenvalue weighted by Crippen LogP contribution is 2.39. The van der Waals surface area contributed by atoms with Crippen LogP contribution < -0.4 is 5.73 Å². The summed E-state index contributed by atoms with van der Waals surface area (Å²) in [4.78, 5) is 2.56. The van der Waals surface area contributed by atoms with Gasteiger partial charge >= 0.3 is 0 Å². The lowest BCUT2D eigenvalue weighted by molar-refractivity contribution is -0.0782. The minimum atomic E-state index is 0.0338. The molecule has 2 atom stereocenters. The van der Waals surface area contributed by atoms with Crippen LogP contribution in [0.4, 0.5) is 0 Å². The van der Waals surface area contributed by atoms with Gasteiger partial charge in [-0.25, -0.2) is 0 Å². The number of hydrogen-bond donors (Lipinski definition) is 1. The van der Waals surface area contributed by atoms with Gasteiger partial charge in [-0.15, -0.1) is 0 Å². The average Bonchev–Trinajstić information content (AvgIpc) is 2.91. The number of ether oxygens (including phenoxy) is 1. The molecule has 1 aliphatic carbocycles. The molecule has 0 bridgehead atoms. The first kappa shape index (κ1) is 13.1. The minimum Gasteiger partial charge on any atom is -0.379 e. The van der Waals surface area contributed by atoms with Crippen molar-refractivity contribution in [1.82, 2.24) is 4.90 Å². The summed E-state index contributed by atoms with van der Waals surface area (Å²) >= 11 is 0. The SMILES string of the molecule is COC1CCCCC1(CN)N1Cc2ccccc2C1. The molecule has 2 aliphatic rings. The molecular formula is C16H24N2O. The topological polar surface area (TPSA) is 38.5 Å². The van der Waals surface area contributed by atoms with Crippen LogP contribution in [0.1, 0.15) is 36.8 Å². The van der Waals surface area contributed by atoms with E-state index in [1.807, 2.05) is 7.11 Å². The van der Waals surface area contributed by atoms with E-state index in [1.165, 1.54) is 24.0 Å². The minimum absolute atomic E-state index is 0.0338. The van der Waals surface area contributed by atoms with Crippen LogP contribution in [-0.2, 0) is 17.8 Å². The maximum absolute atomic E-state index is 6.20. The van der Waals surface area contributed by atoms with E-state index in [4.69, 9.17) is 10.5 Å².